The summed E-state index contributed by atoms with van der Waals surface area (Å²) in [4.78, 5) is 11.4. The molecule has 2 atom stereocenters. The number of halogens is 1. The molecule has 0 aliphatic heterocycles. The maximum Gasteiger partial charge on any atom is 0.312 e. The van der Waals surface area contributed by atoms with Crippen molar-refractivity contribution >= 4 is 21.9 Å². The molecule has 21 heavy (non-hydrogen) atoms. The molecule has 1 unspecified atom stereocenters. The quantitative estimate of drug-likeness (QED) is 0.831. The molecule has 0 amide bonds. The molecular weight excluding hydrogens is 330 g/mol. The van der Waals surface area contributed by atoms with E-state index >= 15 is 0 Å². The number of hydrogen-bond donors (Lipinski definition) is 2. The number of carboxylic acids is 1. The van der Waals surface area contributed by atoms with Crippen molar-refractivity contribution in [3.05, 3.63) is 70.2 Å². The molecule has 0 spiro atoms. The van der Waals surface area contributed by atoms with Gasteiger partial charge in [0.2, 0.25) is 0 Å². The summed E-state index contributed by atoms with van der Waals surface area (Å²) in [7, 11) is 0. The van der Waals surface area contributed by atoms with Gasteiger partial charge in [-0.25, -0.2) is 0 Å². The molecule has 0 saturated heterocycles. The summed E-state index contributed by atoms with van der Waals surface area (Å²) in [6.07, 6.45) is 0. The molecule has 0 saturated carbocycles. The summed E-state index contributed by atoms with van der Waals surface area (Å²) < 4.78 is 1.03. The predicted octanol–water partition coefficient (Wildman–Crippen LogP) is 3.97. The van der Waals surface area contributed by atoms with Gasteiger partial charge in [-0.15, -0.1) is 0 Å². The highest BCUT2D eigenvalue weighted by molar-refractivity contribution is 9.10. The van der Waals surface area contributed by atoms with Crippen LogP contribution >= 0.6 is 15.9 Å². The zero-order chi connectivity index (χ0) is 15.2. The molecule has 2 aromatic carbocycles. The molecule has 2 N–H and O–H groups in total. The lowest BCUT2D eigenvalue weighted by Crippen LogP contribution is -2.28. The smallest absolute Gasteiger partial charge is 0.312 e. The van der Waals surface area contributed by atoms with E-state index in [9.17, 15) is 9.90 Å². The van der Waals surface area contributed by atoms with Gasteiger partial charge in [0.15, 0.2) is 0 Å². The van der Waals surface area contributed by atoms with Crippen LogP contribution in [0.5, 0.6) is 0 Å². The van der Waals surface area contributed by atoms with Gasteiger partial charge >= 0.3 is 5.97 Å². The highest BCUT2D eigenvalue weighted by atomic mass is 79.9. The Morgan fingerprint density at radius 2 is 1.71 bits per heavy atom. The predicted molar refractivity (Wildman–Crippen MR) is 87.4 cm³/mol. The van der Waals surface area contributed by atoms with Gasteiger partial charge < -0.3 is 10.4 Å². The van der Waals surface area contributed by atoms with Crippen LogP contribution in [-0.4, -0.2) is 17.6 Å². The van der Waals surface area contributed by atoms with E-state index in [1.165, 1.54) is 0 Å². The van der Waals surface area contributed by atoms with Gasteiger partial charge in [0.25, 0.3) is 0 Å². The molecule has 0 fully saturated rings. The maximum absolute atomic E-state index is 11.4. The van der Waals surface area contributed by atoms with E-state index in [-0.39, 0.29) is 6.04 Å². The number of rotatable bonds is 6. The standard InChI is InChI=1S/C17H18BrNO2/c1-12(13-7-9-15(18)10-8-13)19-11-16(17(20)21)14-5-3-2-4-6-14/h2-10,12,16,19H,11H2,1H3,(H,20,21)/t12-,16?/m1/s1. The average Bonchev–Trinajstić information content (AvgIpc) is 2.48. The minimum absolute atomic E-state index is 0.101. The fraction of sp³-hybridized carbons (Fsp3) is 0.235. The van der Waals surface area contributed by atoms with E-state index in [1.54, 1.807) is 0 Å². The van der Waals surface area contributed by atoms with E-state index in [4.69, 9.17) is 0 Å². The Labute approximate surface area is 133 Å². The summed E-state index contributed by atoms with van der Waals surface area (Å²) in [5, 5.41) is 12.7. The minimum Gasteiger partial charge on any atom is -0.481 e. The molecule has 2 rings (SSSR count). The van der Waals surface area contributed by atoms with Crippen molar-refractivity contribution in [3.8, 4) is 0 Å². The Balaban J connectivity index is 2.02. The monoisotopic (exact) mass is 347 g/mol. The Bertz CT molecular complexity index is 583. The van der Waals surface area contributed by atoms with Gasteiger partial charge in [-0.2, -0.15) is 0 Å². The molecule has 0 heterocycles. The second kappa shape index (κ2) is 7.38. The van der Waals surface area contributed by atoms with E-state index in [0.29, 0.717) is 6.54 Å². The summed E-state index contributed by atoms with van der Waals surface area (Å²) >= 11 is 3.41. The minimum atomic E-state index is -0.809. The molecular formula is C17H18BrNO2. The first-order valence-electron chi connectivity index (χ1n) is 6.84. The third-order valence-electron chi connectivity index (χ3n) is 3.50. The topological polar surface area (TPSA) is 49.3 Å². The summed E-state index contributed by atoms with van der Waals surface area (Å²) in [6, 6.07) is 17.4. The Kier molecular flexibility index (Phi) is 5.53. The van der Waals surface area contributed by atoms with Crippen molar-refractivity contribution in [2.75, 3.05) is 6.54 Å². The molecule has 4 heteroatoms. The lowest BCUT2D eigenvalue weighted by molar-refractivity contribution is -0.138. The third-order valence-corrected chi connectivity index (χ3v) is 4.03. The number of carbonyl (C=O) groups is 1. The second-order valence-corrected chi connectivity index (χ2v) is 5.90. The molecule has 0 aromatic heterocycles. The third kappa shape index (κ3) is 4.41. The molecule has 3 nitrogen and oxygen atoms in total. The average molecular weight is 348 g/mol. The van der Waals surface area contributed by atoms with E-state index in [2.05, 4.69) is 21.2 Å². The van der Waals surface area contributed by atoms with Crippen LogP contribution in [0.4, 0.5) is 0 Å². The van der Waals surface area contributed by atoms with Gasteiger partial charge in [-0.05, 0) is 30.2 Å². The van der Waals surface area contributed by atoms with Crippen molar-refractivity contribution in [2.45, 2.75) is 18.9 Å². The molecule has 0 aliphatic carbocycles. The Hall–Kier alpha value is -1.65. The van der Waals surface area contributed by atoms with Crippen LogP contribution < -0.4 is 5.32 Å². The normalized spacial score (nSPS) is 13.6. The first kappa shape index (κ1) is 15.7. The second-order valence-electron chi connectivity index (χ2n) is 4.98. The van der Waals surface area contributed by atoms with E-state index < -0.39 is 11.9 Å². The first-order chi connectivity index (χ1) is 10.1. The maximum atomic E-state index is 11.4. The van der Waals surface area contributed by atoms with Crippen LogP contribution in [0.3, 0.4) is 0 Å². The van der Waals surface area contributed by atoms with Crippen LogP contribution in [0.2, 0.25) is 0 Å². The van der Waals surface area contributed by atoms with Gasteiger partial charge in [0, 0.05) is 17.1 Å². The Morgan fingerprint density at radius 1 is 1.10 bits per heavy atom. The van der Waals surface area contributed by atoms with E-state index in [1.807, 2.05) is 61.5 Å². The van der Waals surface area contributed by atoms with Gasteiger partial charge in [0.1, 0.15) is 0 Å². The number of aliphatic carboxylic acids is 1. The van der Waals surface area contributed by atoms with Gasteiger partial charge in [0.05, 0.1) is 5.92 Å². The zero-order valence-electron chi connectivity index (χ0n) is 11.8. The molecule has 110 valence electrons. The first-order valence-corrected chi connectivity index (χ1v) is 7.64. The molecule has 2 aromatic rings. The summed E-state index contributed by atoms with van der Waals surface area (Å²) in [5.74, 6) is -1.35. The van der Waals surface area contributed by atoms with Crippen molar-refractivity contribution in [3.63, 3.8) is 0 Å². The van der Waals surface area contributed by atoms with Crippen molar-refractivity contribution < 1.29 is 9.90 Å². The fourth-order valence-electron chi connectivity index (χ4n) is 2.20. The van der Waals surface area contributed by atoms with Crippen molar-refractivity contribution in [1.29, 1.82) is 0 Å². The number of carboxylic acid groups (broad SMARTS) is 1. The van der Waals surface area contributed by atoms with Crippen LogP contribution in [0.15, 0.2) is 59.1 Å². The van der Waals surface area contributed by atoms with Crippen molar-refractivity contribution in [2.24, 2.45) is 0 Å². The van der Waals surface area contributed by atoms with Gasteiger partial charge in [-0.1, -0.05) is 58.4 Å². The highest BCUT2D eigenvalue weighted by Gasteiger charge is 2.20. The SMILES string of the molecule is C[C@@H](NCC(C(=O)O)c1ccccc1)c1ccc(Br)cc1. The highest BCUT2D eigenvalue weighted by Crippen LogP contribution is 2.19. The fourth-order valence-corrected chi connectivity index (χ4v) is 2.46. The molecule has 0 radical (unpaired) electrons. The lowest BCUT2D eigenvalue weighted by atomic mass is 9.98. The van der Waals surface area contributed by atoms with Crippen LogP contribution in [-0.2, 0) is 4.79 Å². The summed E-state index contributed by atoms with van der Waals surface area (Å²) in [6.45, 7) is 2.43. The number of hydrogen-bond acceptors (Lipinski definition) is 2. The van der Waals surface area contributed by atoms with Crippen molar-refractivity contribution in [1.82, 2.24) is 5.32 Å². The zero-order valence-corrected chi connectivity index (χ0v) is 13.4. The number of nitrogens with one attached hydrogen (secondary N) is 1. The van der Waals surface area contributed by atoms with Crippen LogP contribution in [0.25, 0.3) is 0 Å². The molecule has 0 aliphatic rings. The summed E-state index contributed by atoms with van der Waals surface area (Å²) in [5.41, 5.74) is 1.95. The van der Waals surface area contributed by atoms with Crippen LogP contribution in [0, 0.1) is 0 Å². The van der Waals surface area contributed by atoms with Crippen LogP contribution in [0.1, 0.15) is 30.0 Å². The molecule has 0 bridgehead atoms. The Morgan fingerprint density at radius 3 is 2.29 bits per heavy atom. The largest absolute Gasteiger partial charge is 0.481 e. The van der Waals surface area contributed by atoms with Gasteiger partial charge in [-0.3, -0.25) is 4.79 Å². The van der Waals surface area contributed by atoms with E-state index in [0.717, 1.165) is 15.6 Å². The number of benzene rings is 2. The lowest BCUT2D eigenvalue weighted by Gasteiger charge is -2.18.